The van der Waals surface area contributed by atoms with Gasteiger partial charge < -0.3 is 20.3 Å². The number of carbonyl (C=O) groups excluding carboxylic acids is 2. The van der Waals surface area contributed by atoms with Gasteiger partial charge >= 0.3 is 0 Å². The Kier molecular flexibility index (Phi) is 13.8. The zero-order valence-corrected chi connectivity index (χ0v) is 26.6. The van der Waals surface area contributed by atoms with Crippen LogP contribution in [0.4, 0.5) is 5.69 Å². The molecular weight excluding hydrogens is 554 g/mol. The second kappa shape index (κ2) is 16.8. The van der Waals surface area contributed by atoms with Gasteiger partial charge in [0, 0.05) is 38.9 Å². The molecule has 2 N–H and O–H groups in total. The number of nitrogens with zero attached hydrogens (tertiary/aromatic N) is 3. The lowest BCUT2D eigenvalue weighted by Crippen LogP contribution is -2.37. The number of anilines is 1. The van der Waals surface area contributed by atoms with Crippen LogP contribution in [-0.4, -0.2) is 64.7 Å². The number of rotatable bonds is 17. The monoisotopic (exact) mass is 599 g/mol. The molecule has 0 aliphatic carbocycles. The second-order valence-corrected chi connectivity index (χ2v) is 10.9. The number of nitrogens with one attached hydrogen (secondary N) is 2. The zero-order valence-electron chi connectivity index (χ0n) is 25.8. The standard InChI is InChI=1S/C32H46ClN5O4/c1-8-15-27(42-11-4)25(18-20-33)30(40)34-23-32(5,6)22-28(39)35-29-26(19-21-37(9-2)10-3)36(7)38(31(29)41)24-16-13-12-14-17-24/h8,12-18H,1,9-11,19-23H2,2-7H3,(H,34,40)(H,35,39)/b25-18+,27-15+. The molecule has 0 aliphatic rings. The van der Waals surface area contributed by atoms with E-state index in [0.29, 0.717) is 24.4 Å². The number of amides is 2. The van der Waals surface area contributed by atoms with Crippen molar-refractivity contribution in [3.05, 3.63) is 82.5 Å². The van der Waals surface area contributed by atoms with Gasteiger partial charge in [0.05, 0.1) is 23.6 Å². The van der Waals surface area contributed by atoms with Crippen LogP contribution in [-0.2, 0) is 27.8 Å². The third-order valence-electron chi connectivity index (χ3n) is 6.94. The molecule has 10 heteroatoms. The molecule has 0 bridgehead atoms. The molecule has 230 valence electrons. The molecular formula is C32H46ClN5O4. The summed E-state index contributed by atoms with van der Waals surface area (Å²) in [6.45, 7) is 16.6. The SMILES string of the molecule is C=C/C=C(OCC)\C(=C/CCl)C(=O)NCC(C)(C)CC(=O)Nc1c(CCN(CC)CC)n(C)n(-c2ccccc2)c1=O. The number of alkyl halides is 1. The Hall–Kier alpha value is -3.56. The van der Waals surface area contributed by atoms with E-state index in [0.717, 1.165) is 31.0 Å². The van der Waals surface area contributed by atoms with Gasteiger partial charge in [-0.05, 0) is 43.6 Å². The molecule has 0 saturated heterocycles. The van der Waals surface area contributed by atoms with Gasteiger partial charge in [-0.15, -0.1) is 11.6 Å². The van der Waals surface area contributed by atoms with Crippen LogP contribution in [0.1, 0.15) is 46.7 Å². The van der Waals surface area contributed by atoms with Crippen molar-refractivity contribution in [2.75, 3.05) is 44.0 Å². The zero-order chi connectivity index (χ0) is 31.3. The number of benzene rings is 1. The summed E-state index contributed by atoms with van der Waals surface area (Å²) in [4.78, 5) is 42.3. The summed E-state index contributed by atoms with van der Waals surface area (Å²) in [7, 11) is 1.84. The van der Waals surface area contributed by atoms with Crippen molar-refractivity contribution in [1.29, 1.82) is 0 Å². The third kappa shape index (κ3) is 9.49. The summed E-state index contributed by atoms with van der Waals surface area (Å²) in [5.74, 6) is -0.167. The fourth-order valence-electron chi connectivity index (χ4n) is 4.68. The Morgan fingerprint density at radius 1 is 1.14 bits per heavy atom. The van der Waals surface area contributed by atoms with Crippen LogP contribution < -0.4 is 16.2 Å². The van der Waals surface area contributed by atoms with Crippen LogP contribution in [0.5, 0.6) is 0 Å². The number of aromatic nitrogens is 2. The van der Waals surface area contributed by atoms with Crippen molar-refractivity contribution in [3.63, 3.8) is 0 Å². The number of carbonyl (C=O) groups is 2. The predicted molar refractivity (Wildman–Crippen MR) is 171 cm³/mol. The highest BCUT2D eigenvalue weighted by molar-refractivity contribution is 6.19. The number of para-hydroxylation sites is 1. The van der Waals surface area contributed by atoms with Crippen LogP contribution >= 0.6 is 11.6 Å². The van der Waals surface area contributed by atoms with E-state index in [1.807, 2.05) is 62.8 Å². The molecule has 2 amide bonds. The highest BCUT2D eigenvalue weighted by Gasteiger charge is 2.27. The van der Waals surface area contributed by atoms with E-state index in [-0.39, 0.29) is 41.9 Å². The number of ether oxygens (including phenoxy) is 1. The van der Waals surface area contributed by atoms with Crippen molar-refractivity contribution in [2.24, 2.45) is 12.5 Å². The van der Waals surface area contributed by atoms with Gasteiger partial charge in [-0.25, -0.2) is 4.68 Å². The highest BCUT2D eigenvalue weighted by Crippen LogP contribution is 2.23. The van der Waals surface area contributed by atoms with Crippen molar-refractivity contribution in [2.45, 2.75) is 47.5 Å². The van der Waals surface area contributed by atoms with E-state index in [4.69, 9.17) is 16.3 Å². The molecule has 0 atom stereocenters. The minimum atomic E-state index is -0.617. The molecule has 0 unspecified atom stereocenters. The average Bonchev–Trinajstić information content (AvgIpc) is 3.19. The first kappa shape index (κ1) is 34.6. The Balaban J connectivity index is 2.25. The van der Waals surface area contributed by atoms with E-state index in [1.54, 1.807) is 22.9 Å². The maximum absolute atomic E-state index is 13.6. The summed E-state index contributed by atoms with van der Waals surface area (Å²) in [6, 6.07) is 9.36. The number of allylic oxidation sites excluding steroid dienone is 3. The lowest BCUT2D eigenvalue weighted by Gasteiger charge is -2.25. The maximum atomic E-state index is 13.6. The molecule has 0 spiro atoms. The molecule has 1 aromatic heterocycles. The minimum Gasteiger partial charge on any atom is -0.493 e. The molecule has 0 radical (unpaired) electrons. The molecule has 0 fully saturated rings. The van der Waals surface area contributed by atoms with E-state index < -0.39 is 5.41 Å². The molecule has 1 heterocycles. The van der Waals surface area contributed by atoms with E-state index >= 15 is 0 Å². The molecule has 2 rings (SSSR count). The molecule has 1 aromatic carbocycles. The normalized spacial score (nSPS) is 12.4. The fourth-order valence-corrected chi connectivity index (χ4v) is 4.83. The van der Waals surface area contributed by atoms with Crippen LogP contribution in [0.3, 0.4) is 0 Å². The highest BCUT2D eigenvalue weighted by atomic mass is 35.5. The van der Waals surface area contributed by atoms with Gasteiger partial charge in [-0.1, -0.05) is 64.6 Å². The van der Waals surface area contributed by atoms with Gasteiger partial charge in [0.25, 0.3) is 11.5 Å². The quantitative estimate of drug-likeness (QED) is 0.118. The lowest BCUT2D eigenvalue weighted by atomic mass is 9.88. The maximum Gasteiger partial charge on any atom is 0.295 e. The second-order valence-electron chi connectivity index (χ2n) is 10.6. The van der Waals surface area contributed by atoms with Crippen molar-refractivity contribution >= 4 is 29.1 Å². The largest absolute Gasteiger partial charge is 0.493 e. The molecule has 0 saturated carbocycles. The predicted octanol–water partition coefficient (Wildman–Crippen LogP) is 4.80. The molecule has 9 nitrogen and oxygen atoms in total. The molecule has 2 aromatic rings. The topological polar surface area (TPSA) is 97.6 Å². The third-order valence-corrected chi connectivity index (χ3v) is 7.09. The number of likely N-dealkylation sites (N-methyl/N-ethyl adjacent to an activating group) is 1. The van der Waals surface area contributed by atoms with Gasteiger partial charge in [-0.3, -0.25) is 19.1 Å². The van der Waals surface area contributed by atoms with Gasteiger partial charge in [0.15, 0.2) is 0 Å². The Labute approximate surface area is 254 Å². The van der Waals surface area contributed by atoms with Crippen LogP contribution in [0.25, 0.3) is 5.69 Å². The first-order chi connectivity index (χ1) is 20.0. The van der Waals surface area contributed by atoms with E-state index in [2.05, 4.69) is 36.0 Å². The molecule has 42 heavy (non-hydrogen) atoms. The van der Waals surface area contributed by atoms with Gasteiger partial charge in [0.1, 0.15) is 11.4 Å². The number of hydrogen-bond donors (Lipinski definition) is 2. The lowest BCUT2D eigenvalue weighted by molar-refractivity contribution is -0.120. The summed E-state index contributed by atoms with van der Waals surface area (Å²) >= 11 is 5.90. The summed E-state index contributed by atoms with van der Waals surface area (Å²) in [6.07, 6.45) is 5.41. The summed E-state index contributed by atoms with van der Waals surface area (Å²) < 4.78 is 9.00. The Morgan fingerprint density at radius 2 is 1.81 bits per heavy atom. The Bertz CT molecular complexity index is 1320. The van der Waals surface area contributed by atoms with Crippen LogP contribution in [0, 0.1) is 5.41 Å². The molecule has 0 aliphatic heterocycles. The average molecular weight is 600 g/mol. The van der Waals surface area contributed by atoms with Gasteiger partial charge in [-0.2, -0.15) is 0 Å². The fraction of sp³-hybridized carbons (Fsp3) is 0.469. The number of halogens is 1. The Morgan fingerprint density at radius 3 is 2.38 bits per heavy atom. The first-order valence-electron chi connectivity index (χ1n) is 14.4. The van der Waals surface area contributed by atoms with Crippen LogP contribution in [0.15, 0.2) is 71.3 Å². The minimum absolute atomic E-state index is 0.0812. The van der Waals surface area contributed by atoms with E-state index in [9.17, 15) is 14.4 Å². The number of hydrogen-bond acceptors (Lipinski definition) is 5. The van der Waals surface area contributed by atoms with Crippen molar-refractivity contribution in [3.8, 4) is 5.69 Å². The smallest absolute Gasteiger partial charge is 0.295 e. The van der Waals surface area contributed by atoms with Crippen molar-refractivity contribution in [1.82, 2.24) is 19.6 Å². The van der Waals surface area contributed by atoms with Gasteiger partial charge in [0.2, 0.25) is 5.91 Å². The van der Waals surface area contributed by atoms with Crippen LogP contribution in [0.2, 0.25) is 0 Å². The van der Waals surface area contributed by atoms with E-state index in [1.165, 1.54) is 0 Å². The first-order valence-corrected chi connectivity index (χ1v) is 15.0. The van der Waals surface area contributed by atoms with Crippen molar-refractivity contribution < 1.29 is 14.3 Å². The summed E-state index contributed by atoms with van der Waals surface area (Å²) in [5, 5.41) is 5.82. The summed E-state index contributed by atoms with van der Waals surface area (Å²) in [5.41, 5.74) is 1.15.